The highest BCUT2D eigenvalue weighted by molar-refractivity contribution is 9.10. The first-order valence-electron chi connectivity index (χ1n) is 4.60. The maximum absolute atomic E-state index is 4.46. The van der Waals surface area contributed by atoms with Gasteiger partial charge in [0.1, 0.15) is 16.1 Å². The predicted molar refractivity (Wildman–Crippen MR) is 62.3 cm³/mol. The van der Waals surface area contributed by atoms with Crippen molar-refractivity contribution in [1.29, 1.82) is 0 Å². The second-order valence-electron chi connectivity index (χ2n) is 3.12. The lowest BCUT2D eigenvalue weighted by molar-refractivity contribution is 0.771. The molecule has 0 saturated heterocycles. The van der Waals surface area contributed by atoms with Crippen molar-refractivity contribution in [3.8, 4) is 11.3 Å². The topological polar surface area (TPSA) is 53.6 Å². The molecule has 78 valence electrons. The summed E-state index contributed by atoms with van der Waals surface area (Å²) >= 11 is 3.45. The van der Waals surface area contributed by atoms with Crippen LogP contribution in [0, 0.1) is 0 Å². The Morgan fingerprint density at radius 2 is 2.40 bits per heavy atom. The van der Waals surface area contributed by atoms with E-state index in [-0.39, 0.29) is 0 Å². The number of nitrogens with one attached hydrogen (secondary N) is 2. The first-order chi connectivity index (χ1) is 7.31. The van der Waals surface area contributed by atoms with Crippen molar-refractivity contribution in [3.05, 3.63) is 35.0 Å². The zero-order valence-electron chi connectivity index (χ0n) is 8.29. The Balaban J connectivity index is 2.36. The van der Waals surface area contributed by atoms with Crippen LogP contribution >= 0.6 is 15.9 Å². The molecule has 0 bridgehead atoms. The molecule has 2 N–H and O–H groups in total. The second kappa shape index (κ2) is 4.55. The fraction of sp³-hybridized carbons (Fsp3) is 0.200. The summed E-state index contributed by atoms with van der Waals surface area (Å²) in [5, 5.41) is 3.05. The first-order valence-corrected chi connectivity index (χ1v) is 5.40. The molecule has 0 saturated carbocycles. The van der Waals surface area contributed by atoms with Crippen LogP contribution in [0.5, 0.6) is 0 Å². The largest absolute Gasteiger partial charge is 0.335 e. The maximum atomic E-state index is 4.46. The lowest BCUT2D eigenvalue weighted by atomic mass is 10.2. The molecule has 15 heavy (non-hydrogen) atoms. The number of pyridine rings is 1. The van der Waals surface area contributed by atoms with Gasteiger partial charge in [-0.05, 0) is 35.1 Å². The van der Waals surface area contributed by atoms with Crippen LogP contribution in [0.25, 0.3) is 11.3 Å². The number of aromatic amines is 1. The van der Waals surface area contributed by atoms with Crippen molar-refractivity contribution >= 4 is 15.9 Å². The van der Waals surface area contributed by atoms with E-state index in [9.17, 15) is 0 Å². The van der Waals surface area contributed by atoms with Crippen LogP contribution < -0.4 is 5.32 Å². The van der Waals surface area contributed by atoms with Gasteiger partial charge in [-0.25, -0.2) is 4.98 Å². The summed E-state index contributed by atoms with van der Waals surface area (Å²) in [4.78, 5) is 11.7. The molecule has 2 rings (SSSR count). The summed E-state index contributed by atoms with van der Waals surface area (Å²) in [6.45, 7) is 0.721. The molecule has 0 aliphatic heterocycles. The van der Waals surface area contributed by atoms with Crippen LogP contribution in [0.1, 0.15) is 5.82 Å². The average Bonchev–Trinajstić information content (AvgIpc) is 2.61. The smallest absolute Gasteiger partial charge is 0.121 e. The monoisotopic (exact) mass is 266 g/mol. The number of imidazole rings is 1. The normalized spacial score (nSPS) is 10.5. The van der Waals surface area contributed by atoms with Gasteiger partial charge in [-0.15, -0.1) is 0 Å². The second-order valence-corrected chi connectivity index (χ2v) is 3.91. The third-order valence-electron chi connectivity index (χ3n) is 1.99. The number of H-pyrrole nitrogens is 1. The van der Waals surface area contributed by atoms with E-state index < -0.39 is 0 Å². The summed E-state index contributed by atoms with van der Waals surface area (Å²) < 4.78 is 0.890. The van der Waals surface area contributed by atoms with Crippen LogP contribution in [0.2, 0.25) is 0 Å². The minimum absolute atomic E-state index is 0.721. The summed E-state index contributed by atoms with van der Waals surface area (Å²) in [6.07, 6.45) is 3.54. The quantitative estimate of drug-likeness (QED) is 0.893. The molecule has 0 atom stereocenters. The van der Waals surface area contributed by atoms with E-state index in [1.807, 2.05) is 19.2 Å². The molecule has 0 aliphatic carbocycles. The lowest BCUT2D eigenvalue weighted by Crippen LogP contribution is -2.06. The fourth-order valence-corrected chi connectivity index (χ4v) is 1.89. The predicted octanol–water partition coefficient (Wildman–Crippen LogP) is 1.95. The minimum Gasteiger partial charge on any atom is -0.335 e. The van der Waals surface area contributed by atoms with Crippen molar-refractivity contribution in [2.75, 3.05) is 7.05 Å². The van der Waals surface area contributed by atoms with Gasteiger partial charge in [0.2, 0.25) is 0 Å². The Bertz CT molecular complexity index is 438. The zero-order chi connectivity index (χ0) is 10.7. The minimum atomic E-state index is 0.721. The van der Waals surface area contributed by atoms with Gasteiger partial charge in [0.15, 0.2) is 0 Å². The van der Waals surface area contributed by atoms with Crippen molar-refractivity contribution < 1.29 is 0 Å². The van der Waals surface area contributed by atoms with Crippen molar-refractivity contribution in [1.82, 2.24) is 20.3 Å². The molecule has 0 amide bonds. The summed E-state index contributed by atoms with van der Waals surface area (Å²) in [6, 6.07) is 3.88. The first kappa shape index (κ1) is 10.3. The molecule has 2 aromatic heterocycles. The van der Waals surface area contributed by atoms with Gasteiger partial charge >= 0.3 is 0 Å². The van der Waals surface area contributed by atoms with Gasteiger partial charge in [0.05, 0.1) is 6.54 Å². The summed E-state index contributed by atoms with van der Waals surface area (Å²) in [5.74, 6) is 0.906. The van der Waals surface area contributed by atoms with E-state index >= 15 is 0 Å². The van der Waals surface area contributed by atoms with Gasteiger partial charge in [0, 0.05) is 18.0 Å². The maximum Gasteiger partial charge on any atom is 0.121 e. The third kappa shape index (κ3) is 2.24. The van der Waals surface area contributed by atoms with E-state index in [1.165, 1.54) is 0 Å². The molecule has 5 heteroatoms. The van der Waals surface area contributed by atoms with Crippen LogP contribution in [0.4, 0.5) is 0 Å². The lowest BCUT2D eigenvalue weighted by Gasteiger charge is -1.94. The summed E-state index contributed by atoms with van der Waals surface area (Å²) in [5.41, 5.74) is 1.90. The molecule has 0 aliphatic rings. The number of aromatic nitrogens is 3. The molecule has 2 aromatic rings. The van der Waals surface area contributed by atoms with E-state index in [0.717, 1.165) is 28.2 Å². The van der Waals surface area contributed by atoms with Crippen LogP contribution in [0.3, 0.4) is 0 Å². The molecule has 2 heterocycles. The highest BCUT2D eigenvalue weighted by atomic mass is 79.9. The highest BCUT2D eigenvalue weighted by Gasteiger charge is 2.09. The molecular weight excluding hydrogens is 256 g/mol. The Labute approximate surface area is 96.3 Å². The molecule has 0 unspecified atom stereocenters. The third-order valence-corrected chi connectivity index (χ3v) is 2.56. The van der Waals surface area contributed by atoms with Crippen molar-refractivity contribution in [3.63, 3.8) is 0 Å². The van der Waals surface area contributed by atoms with Crippen LogP contribution in [-0.4, -0.2) is 22.0 Å². The van der Waals surface area contributed by atoms with Crippen molar-refractivity contribution in [2.45, 2.75) is 6.54 Å². The number of rotatable bonds is 3. The van der Waals surface area contributed by atoms with Crippen LogP contribution in [-0.2, 0) is 6.54 Å². The SMILES string of the molecule is CNCc1nc(-c2cccnc2)c(Br)[nH]1. The van der Waals surface area contributed by atoms with Gasteiger partial charge in [-0.2, -0.15) is 0 Å². The Hall–Kier alpha value is -1.20. The number of nitrogens with zero attached hydrogens (tertiary/aromatic N) is 2. The molecule has 0 spiro atoms. The number of hydrogen-bond acceptors (Lipinski definition) is 3. The van der Waals surface area contributed by atoms with Gasteiger partial charge < -0.3 is 10.3 Å². The Morgan fingerprint density at radius 1 is 1.53 bits per heavy atom. The number of hydrogen-bond donors (Lipinski definition) is 2. The average molecular weight is 267 g/mol. The molecular formula is C10H11BrN4. The number of halogens is 1. The fourth-order valence-electron chi connectivity index (χ4n) is 1.34. The van der Waals surface area contributed by atoms with Gasteiger partial charge in [0.25, 0.3) is 0 Å². The standard InChI is InChI=1S/C10H11BrN4/c1-12-6-8-14-9(10(11)15-8)7-3-2-4-13-5-7/h2-5,12H,6H2,1H3,(H,14,15). The summed E-state index contributed by atoms with van der Waals surface area (Å²) in [7, 11) is 1.89. The van der Waals surface area contributed by atoms with Crippen LogP contribution in [0.15, 0.2) is 29.1 Å². The Kier molecular flexibility index (Phi) is 3.13. The Morgan fingerprint density at radius 3 is 3.07 bits per heavy atom. The zero-order valence-corrected chi connectivity index (χ0v) is 9.87. The molecule has 0 fully saturated rings. The highest BCUT2D eigenvalue weighted by Crippen LogP contribution is 2.24. The van der Waals surface area contributed by atoms with E-state index in [2.05, 4.69) is 36.2 Å². The van der Waals surface area contributed by atoms with E-state index in [1.54, 1.807) is 12.4 Å². The molecule has 4 nitrogen and oxygen atoms in total. The molecule has 0 radical (unpaired) electrons. The van der Waals surface area contributed by atoms with Crippen molar-refractivity contribution in [2.24, 2.45) is 0 Å². The van der Waals surface area contributed by atoms with Gasteiger partial charge in [-0.1, -0.05) is 0 Å². The van der Waals surface area contributed by atoms with Gasteiger partial charge in [-0.3, -0.25) is 4.98 Å². The molecule has 0 aromatic carbocycles. The van der Waals surface area contributed by atoms with E-state index in [4.69, 9.17) is 0 Å². The van der Waals surface area contributed by atoms with E-state index in [0.29, 0.717) is 0 Å².